The van der Waals surface area contributed by atoms with Crippen LogP contribution in [0.5, 0.6) is 5.75 Å². The number of hydrogen-bond acceptors (Lipinski definition) is 5. The van der Waals surface area contributed by atoms with E-state index in [9.17, 15) is 0 Å². The molecule has 2 aromatic rings. The van der Waals surface area contributed by atoms with Gasteiger partial charge in [0.2, 0.25) is 0 Å². The van der Waals surface area contributed by atoms with E-state index in [4.69, 9.17) is 21.1 Å². The van der Waals surface area contributed by atoms with Crippen molar-refractivity contribution in [1.29, 1.82) is 0 Å². The molecule has 7 heteroatoms. The Morgan fingerprint density at radius 1 is 1.50 bits per heavy atom. The van der Waals surface area contributed by atoms with Crippen molar-refractivity contribution in [2.75, 3.05) is 18.5 Å². The Morgan fingerprint density at radius 2 is 2.41 bits per heavy atom. The summed E-state index contributed by atoms with van der Waals surface area (Å²) < 4.78 is 13.3. The molecule has 1 N–H and O–H groups in total. The molecule has 1 saturated heterocycles. The molecule has 0 spiro atoms. The summed E-state index contributed by atoms with van der Waals surface area (Å²) >= 11 is 6.08. The molecule has 6 nitrogen and oxygen atoms in total. The van der Waals surface area contributed by atoms with Crippen molar-refractivity contribution in [3.05, 3.63) is 35.4 Å². The molecule has 118 valence electrons. The number of hydrogen-bond donors (Lipinski definition) is 1. The van der Waals surface area contributed by atoms with Gasteiger partial charge in [0.1, 0.15) is 18.7 Å². The van der Waals surface area contributed by atoms with Crippen LogP contribution in [0.4, 0.5) is 5.69 Å². The predicted molar refractivity (Wildman–Crippen MR) is 84.3 cm³/mol. The van der Waals surface area contributed by atoms with E-state index in [1.165, 1.54) is 0 Å². The van der Waals surface area contributed by atoms with Gasteiger partial charge in [-0.1, -0.05) is 11.6 Å². The number of rotatable bonds is 6. The van der Waals surface area contributed by atoms with Gasteiger partial charge in [0, 0.05) is 18.7 Å². The van der Waals surface area contributed by atoms with E-state index in [1.54, 1.807) is 6.33 Å². The van der Waals surface area contributed by atoms with Crippen molar-refractivity contribution in [2.45, 2.75) is 25.5 Å². The van der Waals surface area contributed by atoms with Crippen molar-refractivity contribution >= 4 is 17.3 Å². The summed E-state index contributed by atoms with van der Waals surface area (Å²) in [6.45, 7) is 1.93. The zero-order valence-corrected chi connectivity index (χ0v) is 13.2. The molecule has 1 aromatic heterocycles. The molecular formula is C15H19ClN4O2. The lowest BCUT2D eigenvalue weighted by molar-refractivity contribution is 0.0682. The summed E-state index contributed by atoms with van der Waals surface area (Å²) in [4.78, 5) is 0. The minimum atomic E-state index is 0.183. The summed E-state index contributed by atoms with van der Waals surface area (Å²) in [5.74, 6) is 1.60. The zero-order valence-electron chi connectivity index (χ0n) is 12.5. The molecule has 0 radical (unpaired) electrons. The van der Waals surface area contributed by atoms with Gasteiger partial charge in [-0.05, 0) is 31.0 Å². The molecule has 2 heterocycles. The van der Waals surface area contributed by atoms with Gasteiger partial charge in [-0.15, -0.1) is 10.2 Å². The quantitative estimate of drug-likeness (QED) is 0.886. The maximum Gasteiger partial charge on any atom is 0.151 e. The number of aryl methyl sites for hydroxylation is 1. The van der Waals surface area contributed by atoms with E-state index < -0.39 is 0 Å². The van der Waals surface area contributed by atoms with Gasteiger partial charge in [0.25, 0.3) is 0 Å². The van der Waals surface area contributed by atoms with E-state index in [2.05, 4.69) is 15.5 Å². The van der Waals surface area contributed by atoms with Gasteiger partial charge in [0.15, 0.2) is 5.82 Å². The molecule has 1 aliphatic rings. The second-order valence-corrected chi connectivity index (χ2v) is 5.73. The Morgan fingerprint density at radius 3 is 3.14 bits per heavy atom. The molecule has 1 aromatic carbocycles. The smallest absolute Gasteiger partial charge is 0.151 e. The summed E-state index contributed by atoms with van der Waals surface area (Å²) in [6.07, 6.45) is 4.01. The minimum absolute atomic E-state index is 0.183. The van der Waals surface area contributed by atoms with E-state index in [0.717, 1.165) is 36.7 Å². The van der Waals surface area contributed by atoms with E-state index in [1.807, 2.05) is 29.8 Å². The molecule has 1 atom stereocenters. The van der Waals surface area contributed by atoms with E-state index >= 15 is 0 Å². The number of halogens is 1. The Kier molecular flexibility index (Phi) is 4.80. The molecule has 0 bridgehead atoms. The fraction of sp³-hybridized carbons (Fsp3) is 0.467. The highest BCUT2D eigenvalue weighted by Gasteiger charge is 2.17. The van der Waals surface area contributed by atoms with Crippen LogP contribution in [-0.2, 0) is 18.3 Å². The predicted octanol–water partition coefficient (Wildman–Crippen LogP) is 2.64. The first-order chi connectivity index (χ1) is 10.7. The molecule has 3 rings (SSSR count). The number of nitrogens with one attached hydrogen (secondary N) is 1. The monoisotopic (exact) mass is 322 g/mol. The first kappa shape index (κ1) is 15.1. The van der Waals surface area contributed by atoms with Gasteiger partial charge >= 0.3 is 0 Å². The first-order valence-corrected chi connectivity index (χ1v) is 7.71. The largest absolute Gasteiger partial charge is 0.489 e. The third-order valence-corrected chi connectivity index (χ3v) is 3.87. The molecule has 22 heavy (non-hydrogen) atoms. The molecule has 1 fully saturated rings. The number of aromatic nitrogens is 3. The van der Waals surface area contributed by atoms with Crippen molar-refractivity contribution in [3.63, 3.8) is 0 Å². The third-order valence-electron chi connectivity index (χ3n) is 3.63. The highest BCUT2D eigenvalue weighted by molar-refractivity contribution is 6.30. The summed E-state index contributed by atoms with van der Waals surface area (Å²) in [6, 6.07) is 5.54. The lowest BCUT2D eigenvalue weighted by Gasteiger charge is -2.16. The molecule has 0 unspecified atom stereocenters. The summed E-state index contributed by atoms with van der Waals surface area (Å²) in [5, 5.41) is 11.9. The van der Waals surface area contributed by atoms with Crippen LogP contribution in [0, 0.1) is 0 Å². The zero-order chi connectivity index (χ0) is 15.4. The normalized spacial score (nSPS) is 17.6. The Hall–Kier alpha value is -1.79. The molecule has 0 aliphatic carbocycles. The van der Waals surface area contributed by atoms with Gasteiger partial charge in [-0.2, -0.15) is 0 Å². The second kappa shape index (κ2) is 6.98. The maximum atomic E-state index is 6.08. The number of nitrogens with zero attached hydrogens (tertiary/aromatic N) is 3. The second-order valence-electron chi connectivity index (χ2n) is 5.30. The van der Waals surface area contributed by atoms with Crippen LogP contribution in [0.2, 0.25) is 5.02 Å². The first-order valence-electron chi connectivity index (χ1n) is 7.33. The van der Waals surface area contributed by atoms with Crippen molar-refractivity contribution < 1.29 is 9.47 Å². The Labute approximate surface area is 134 Å². The minimum Gasteiger partial charge on any atom is -0.489 e. The maximum absolute atomic E-state index is 6.08. The molecule has 1 aliphatic heterocycles. The highest BCUT2D eigenvalue weighted by atomic mass is 35.5. The van der Waals surface area contributed by atoms with Crippen molar-refractivity contribution in [2.24, 2.45) is 7.05 Å². The van der Waals surface area contributed by atoms with Crippen LogP contribution < -0.4 is 10.1 Å². The Balaban J connectivity index is 1.65. The van der Waals surface area contributed by atoms with Crippen LogP contribution in [0.1, 0.15) is 18.7 Å². The van der Waals surface area contributed by atoms with Crippen LogP contribution in [0.25, 0.3) is 0 Å². The Bertz CT molecular complexity index is 626. The topological polar surface area (TPSA) is 61.2 Å². The summed E-state index contributed by atoms with van der Waals surface area (Å²) in [7, 11) is 1.91. The van der Waals surface area contributed by atoms with Gasteiger partial charge in [0.05, 0.1) is 18.3 Å². The lowest BCUT2D eigenvalue weighted by atomic mass is 10.2. The van der Waals surface area contributed by atoms with Crippen LogP contribution in [-0.4, -0.2) is 34.1 Å². The van der Waals surface area contributed by atoms with Crippen LogP contribution in [0.15, 0.2) is 24.5 Å². The average Bonchev–Trinajstić information content (AvgIpc) is 3.16. The standard InChI is InChI=1S/C15H19ClN4O2/c1-20-10-18-19-15(20)8-17-13-7-11(16)4-5-14(13)22-9-12-3-2-6-21-12/h4-5,7,10,12,17H,2-3,6,8-9H2,1H3/t12-/m0/s1. The molecular weight excluding hydrogens is 304 g/mol. The van der Waals surface area contributed by atoms with Gasteiger partial charge in [-0.25, -0.2) is 0 Å². The molecule has 0 saturated carbocycles. The lowest BCUT2D eigenvalue weighted by Crippen LogP contribution is -2.17. The highest BCUT2D eigenvalue weighted by Crippen LogP contribution is 2.29. The van der Waals surface area contributed by atoms with Crippen molar-refractivity contribution in [1.82, 2.24) is 14.8 Å². The summed E-state index contributed by atoms with van der Waals surface area (Å²) in [5.41, 5.74) is 0.841. The van der Waals surface area contributed by atoms with Crippen LogP contribution >= 0.6 is 11.6 Å². The number of benzene rings is 1. The van der Waals surface area contributed by atoms with Gasteiger partial charge in [-0.3, -0.25) is 0 Å². The number of ether oxygens (including phenoxy) is 2. The fourth-order valence-corrected chi connectivity index (χ4v) is 2.54. The van der Waals surface area contributed by atoms with E-state index in [-0.39, 0.29) is 6.10 Å². The molecule has 0 amide bonds. The van der Waals surface area contributed by atoms with Gasteiger partial charge < -0.3 is 19.4 Å². The average molecular weight is 323 g/mol. The number of anilines is 1. The fourth-order valence-electron chi connectivity index (χ4n) is 2.37. The third kappa shape index (κ3) is 3.69. The van der Waals surface area contributed by atoms with E-state index in [0.29, 0.717) is 18.2 Å². The SMILES string of the molecule is Cn1cnnc1CNc1cc(Cl)ccc1OC[C@@H]1CCCO1. The van der Waals surface area contributed by atoms with Crippen molar-refractivity contribution in [3.8, 4) is 5.75 Å². The van der Waals surface area contributed by atoms with Crippen LogP contribution in [0.3, 0.4) is 0 Å².